The predicted molar refractivity (Wildman–Crippen MR) is 75.9 cm³/mol. The maximum atomic E-state index is 5.94. The summed E-state index contributed by atoms with van der Waals surface area (Å²) < 4.78 is 16.9. The van der Waals surface area contributed by atoms with E-state index in [9.17, 15) is 0 Å². The number of rotatable bonds is 8. The first kappa shape index (κ1) is 14.2. The van der Waals surface area contributed by atoms with Crippen LogP contribution in [-0.2, 0) is 4.74 Å². The Labute approximate surface area is 115 Å². The van der Waals surface area contributed by atoms with Gasteiger partial charge in [-0.05, 0) is 44.5 Å². The van der Waals surface area contributed by atoms with Crippen molar-refractivity contribution in [3.05, 3.63) is 24.3 Å². The van der Waals surface area contributed by atoms with Crippen LogP contribution < -0.4 is 9.47 Å². The monoisotopic (exact) mass is 264 g/mol. The van der Waals surface area contributed by atoms with Crippen molar-refractivity contribution >= 4 is 0 Å². The van der Waals surface area contributed by atoms with Crippen LogP contribution in [-0.4, -0.2) is 24.9 Å². The fraction of sp³-hybridized carbons (Fsp3) is 0.625. The minimum Gasteiger partial charge on any atom is -0.494 e. The van der Waals surface area contributed by atoms with Gasteiger partial charge in [0.05, 0.1) is 13.2 Å². The normalized spacial score (nSPS) is 18.2. The predicted octanol–water partition coefficient (Wildman–Crippen LogP) is 3.81. The third-order valence-electron chi connectivity index (χ3n) is 3.33. The lowest BCUT2D eigenvalue weighted by Crippen LogP contribution is -2.34. The molecule has 0 bridgehead atoms. The fourth-order valence-electron chi connectivity index (χ4n) is 1.96. The lowest BCUT2D eigenvalue weighted by Gasteiger charge is -2.24. The van der Waals surface area contributed by atoms with E-state index < -0.39 is 0 Å². The van der Waals surface area contributed by atoms with Crippen LogP contribution in [0.5, 0.6) is 11.5 Å². The molecule has 3 heteroatoms. The van der Waals surface area contributed by atoms with E-state index in [0.29, 0.717) is 0 Å². The Morgan fingerprint density at radius 3 is 2.37 bits per heavy atom. The summed E-state index contributed by atoms with van der Waals surface area (Å²) in [6.45, 7) is 7.89. The first-order valence-corrected chi connectivity index (χ1v) is 7.15. The Bertz CT molecular complexity index is 379. The largest absolute Gasteiger partial charge is 0.494 e. The second-order valence-corrected chi connectivity index (χ2v) is 5.55. The molecule has 1 aromatic rings. The molecule has 1 aromatic carbocycles. The van der Waals surface area contributed by atoms with Gasteiger partial charge in [-0.15, -0.1) is 0 Å². The molecule has 0 N–H and O–H groups in total. The SMILES string of the molecule is CCCCCOc1ccc(OC(C)(C)C2CO2)cc1. The summed E-state index contributed by atoms with van der Waals surface area (Å²) in [5.41, 5.74) is -0.260. The summed E-state index contributed by atoms with van der Waals surface area (Å²) in [4.78, 5) is 0. The summed E-state index contributed by atoms with van der Waals surface area (Å²) in [6.07, 6.45) is 3.77. The minimum atomic E-state index is -0.260. The highest BCUT2D eigenvalue weighted by molar-refractivity contribution is 5.31. The van der Waals surface area contributed by atoms with Crippen molar-refractivity contribution in [2.45, 2.75) is 51.7 Å². The fourth-order valence-corrected chi connectivity index (χ4v) is 1.96. The average Bonchev–Trinajstić information content (AvgIpc) is 3.21. The number of ether oxygens (including phenoxy) is 3. The molecule has 3 nitrogen and oxygen atoms in total. The standard InChI is InChI=1S/C16H24O3/c1-4-5-6-11-17-13-7-9-14(10-8-13)19-16(2,3)15-12-18-15/h7-10,15H,4-6,11-12H2,1-3H3. The van der Waals surface area contributed by atoms with Crippen molar-refractivity contribution in [1.29, 1.82) is 0 Å². The molecule has 0 amide bonds. The van der Waals surface area contributed by atoms with E-state index in [-0.39, 0.29) is 11.7 Å². The van der Waals surface area contributed by atoms with Gasteiger partial charge in [0.1, 0.15) is 23.2 Å². The van der Waals surface area contributed by atoms with Crippen molar-refractivity contribution in [3.63, 3.8) is 0 Å². The zero-order valence-electron chi connectivity index (χ0n) is 12.1. The molecule has 19 heavy (non-hydrogen) atoms. The third-order valence-corrected chi connectivity index (χ3v) is 3.33. The van der Waals surface area contributed by atoms with Gasteiger partial charge in [0.25, 0.3) is 0 Å². The maximum absolute atomic E-state index is 5.94. The molecular formula is C16H24O3. The van der Waals surface area contributed by atoms with Gasteiger partial charge in [0.15, 0.2) is 0 Å². The molecule has 0 spiro atoms. The van der Waals surface area contributed by atoms with E-state index in [4.69, 9.17) is 14.2 Å². The summed E-state index contributed by atoms with van der Waals surface area (Å²) in [6, 6.07) is 7.84. The van der Waals surface area contributed by atoms with E-state index in [1.54, 1.807) is 0 Å². The molecule has 2 rings (SSSR count). The van der Waals surface area contributed by atoms with Crippen molar-refractivity contribution < 1.29 is 14.2 Å². The highest BCUT2D eigenvalue weighted by Gasteiger charge is 2.41. The Balaban J connectivity index is 1.80. The molecule has 0 radical (unpaired) electrons. The van der Waals surface area contributed by atoms with Crippen LogP contribution in [0.25, 0.3) is 0 Å². The summed E-state index contributed by atoms with van der Waals surface area (Å²) in [7, 11) is 0. The maximum Gasteiger partial charge on any atom is 0.132 e. The van der Waals surface area contributed by atoms with Gasteiger partial charge in [0.2, 0.25) is 0 Å². The Hall–Kier alpha value is -1.22. The van der Waals surface area contributed by atoms with Gasteiger partial charge >= 0.3 is 0 Å². The molecule has 1 aliphatic rings. The van der Waals surface area contributed by atoms with Crippen LogP contribution in [0.1, 0.15) is 40.0 Å². The zero-order valence-corrected chi connectivity index (χ0v) is 12.1. The number of epoxide rings is 1. The molecule has 0 saturated carbocycles. The van der Waals surface area contributed by atoms with E-state index in [0.717, 1.165) is 31.1 Å². The average molecular weight is 264 g/mol. The summed E-state index contributed by atoms with van der Waals surface area (Å²) >= 11 is 0. The third kappa shape index (κ3) is 4.43. The van der Waals surface area contributed by atoms with Gasteiger partial charge in [-0.1, -0.05) is 19.8 Å². The second-order valence-electron chi connectivity index (χ2n) is 5.55. The quantitative estimate of drug-likeness (QED) is 0.528. The highest BCUT2D eigenvalue weighted by atomic mass is 16.6. The molecule has 0 aliphatic carbocycles. The van der Waals surface area contributed by atoms with Crippen molar-refractivity contribution in [3.8, 4) is 11.5 Å². The molecule has 1 fully saturated rings. The van der Waals surface area contributed by atoms with Crippen LogP contribution >= 0.6 is 0 Å². The summed E-state index contributed by atoms with van der Waals surface area (Å²) in [5.74, 6) is 1.77. The highest BCUT2D eigenvalue weighted by Crippen LogP contribution is 2.30. The van der Waals surface area contributed by atoms with Crippen LogP contribution in [0.15, 0.2) is 24.3 Å². The Kier molecular flexibility index (Phi) is 4.70. The Morgan fingerprint density at radius 2 is 1.79 bits per heavy atom. The molecule has 1 atom stereocenters. The van der Waals surface area contributed by atoms with Crippen LogP contribution in [0.2, 0.25) is 0 Å². The number of unbranched alkanes of at least 4 members (excludes halogenated alkanes) is 2. The van der Waals surface area contributed by atoms with E-state index >= 15 is 0 Å². The van der Waals surface area contributed by atoms with Crippen molar-refractivity contribution in [1.82, 2.24) is 0 Å². The lowest BCUT2D eigenvalue weighted by atomic mass is 10.1. The number of hydrogen-bond acceptors (Lipinski definition) is 3. The van der Waals surface area contributed by atoms with E-state index in [1.165, 1.54) is 12.8 Å². The first-order chi connectivity index (χ1) is 9.12. The second kappa shape index (κ2) is 6.29. The molecule has 1 heterocycles. The molecule has 1 saturated heterocycles. The van der Waals surface area contributed by atoms with Gasteiger partial charge in [-0.3, -0.25) is 0 Å². The van der Waals surface area contributed by atoms with Gasteiger partial charge in [-0.25, -0.2) is 0 Å². The van der Waals surface area contributed by atoms with Crippen LogP contribution in [0.3, 0.4) is 0 Å². The number of benzene rings is 1. The molecule has 0 aromatic heterocycles. The zero-order chi connectivity index (χ0) is 13.7. The van der Waals surface area contributed by atoms with Crippen LogP contribution in [0.4, 0.5) is 0 Å². The van der Waals surface area contributed by atoms with Gasteiger partial charge in [-0.2, -0.15) is 0 Å². The lowest BCUT2D eigenvalue weighted by molar-refractivity contribution is 0.0743. The van der Waals surface area contributed by atoms with E-state index in [1.807, 2.05) is 24.3 Å². The van der Waals surface area contributed by atoms with Gasteiger partial charge in [0, 0.05) is 0 Å². The molecular weight excluding hydrogens is 240 g/mol. The minimum absolute atomic E-state index is 0.220. The van der Waals surface area contributed by atoms with Gasteiger partial charge < -0.3 is 14.2 Å². The van der Waals surface area contributed by atoms with E-state index in [2.05, 4.69) is 20.8 Å². The Morgan fingerprint density at radius 1 is 1.16 bits per heavy atom. The molecule has 1 unspecified atom stereocenters. The van der Waals surface area contributed by atoms with Crippen molar-refractivity contribution in [2.75, 3.05) is 13.2 Å². The first-order valence-electron chi connectivity index (χ1n) is 7.15. The van der Waals surface area contributed by atoms with Crippen molar-refractivity contribution in [2.24, 2.45) is 0 Å². The number of hydrogen-bond donors (Lipinski definition) is 0. The smallest absolute Gasteiger partial charge is 0.132 e. The molecule has 106 valence electrons. The molecule has 1 aliphatic heterocycles. The summed E-state index contributed by atoms with van der Waals surface area (Å²) in [5, 5.41) is 0. The van der Waals surface area contributed by atoms with Crippen LogP contribution in [0, 0.1) is 0 Å². The topological polar surface area (TPSA) is 31.0 Å².